The highest BCUT2D eigenvalue weighted by atomic mass is 127. The number of hydrogen-bond acceptors (Lipinski definition) is 2. The van der Waals surface area contributed by atoms with E-state index in [0.717, 1.165) is 11.1 Å². The minimum absolute atomic E-state index is 0. The summed E-state index contributed by atoms with van der Waals surface area (Å²) in [7, 11) is 1.73. The number of nitrogens with one attached hydrogen (secondary N) is 2. The van der Waals surface area contributed by atoms with E-state index in [-0.39, 0.29) is 35.9 Å². The van der Waals surface area contributed by atoms with Gasteiger partial charge in [0.15, 0.2) is 5.96 Å². The van der Waals surface area contributed by atoms with E-state index < -0.39 is 0 Å². The van der Waals surface area contributed by atoms with Gasteiger partial charge in [0.2, 0.25) is 0 Å². The Hall–Kier alpha value is -1.67. The molecule has 0 aliphatic carbocycles. The smallest absolute Gasteiger partial charge is 0.191 e. The van der Waals surface area contributed by atoms with E-state index in [0.29, 0.717) is 37.6 Å². The third-order valence-electron chi connectivity index (χ3n) is 3.90. The molecule has 0 fully saturated rings. The van der Waals surface area contributed by atoms with E-state index in [9.17, 15) is 4.39 Å². The standard InChI is InChI=1S/C21H28FN3O.HI/c1-16(2)26-15-18-8-6-7-17(13-18)14-25-21(23-3)24-12-11-19-9-4-5-10-20(19)22;/h4-10,13,16H,11-12,14-15H2,1-3H3,(H2,23,24,25);1H. The van der Waals surface area contributed by atoms with E-state index in [2.05, 4.69) is 33.8 Å². The number of hydrogen-bond donors (Lipinski definition) is 2. The molecule has 0 aliphatic heterocycles. The fourth-order valence-corrected chi connectivity index (χ4v) is 2.52. The van der Waals surface area contributed by atoms with E-state index in [1.165, 1.54) is 6.07 Å². The molecule has 4 nitrogen and oxygen atoms in total. The van der Waals surface area contributed by atoms with Gasteiger partial charge >= 0.3 is 0 Å². The first kappa shape index (κ1) is 23.4. The molecule has 0 radical (unpaired) electrons. The predicted molar refractivity (Wildman–Crippen MR) is 120 cm³/mol. The molecule has 27 heavy (non-hydrogen) atoms. The maximum atomic E-state index is 13.6. The van der Waals surface area contributed by atoms with Crippen molar-refractivity contribution >= 4 is 29.9 Å². The number of guanidine groups is 1. The van der Waals surface area contributed by atoms with Crippen molar-refractivity contribution in [2.45, 2.75) is 39.5 Å². The Balaban J connectivity index is 0.00000364. The van der Waals surface area contributed by atoms with E-state index in [1.807, 2.05) is 26.0 Å². The fraction of sp³-hybridized carbons (Fsp3) is 0.381. The molecule has 0 bridgehead atoms. The quantitative estimate of drug-likeness (QED) is 0.334. The number of benzene rings is 2. The number of aliphatic imine (C=N–C) groups is 1. The van der Waals surface area contributed by atoms with E-state index in [1.54, 1.807) is 19.2 Å². The van der Waals surface area contributed by atoms with Crippen LogP contribution in [0.15, 0.2) is 53.5 Å². The third-order valence-corrected chi connectivity index (χ3v) is 3.90. The van der Waals surface area contributed by atoms with Crippen LogP contribution in [0.4, 0.5) is 4.39 Å². The summed E-state index contributed by atoms with van der Waals surface area (Å²) < 4.78 is 19.3. The Labute approximate surface area is 178 Å². The van der Waals surface area contributed by atoms with Crippen molar-refractivity contribution < 1.29 is 9.13 Å². The Kier molecular flexibility index (Phi) is 11.0. The van der Waals surface area contributed by atoms with Gasteiger partial charge < -0.3 is 15.4 Å². The van der Waals surface area contributed by atoms with Crippen LogP contribution in [-0.4, -0.2) is 25.7 Å². The van der Waals surface area contributed by atoms with Crippen molar-refractivity contribution in [3.8, 4) is 0 Å². The van der Waals surface area contributed by atoms with Gasteiger partial charge in [0, 0.05) is 20.1 Å². The van der Waals surface area contributed by atoms with Gasteiger partial charge in [-0.15, -0.1) is 24.0 Å². The molecule has 2 aromatic carbocycles. The van der Waals surface area contributed by atoms with Gasteiger partial charge in [-0.1, -0.05) is 42.5 Å². The molecule has 0 saturated heterocycles. The van der Waals surface area contributed by atoms with Crippen LogP contribution in [0.2, 0.25) is 0 Å². The second-order valence-electron chi connectivity index (χ2n) is 6.37. The summed E-state index contributed by atoms with van der Waals surface area (Å²) in [6.07, 6.45) is 0.823. The summed E-state index contributed by atoms with van der Waals surface area (Å²) in [5.74, 6) is 0.530. The number of ether oxygens (including phenoxy) is 1. The average molecular weight is 485 g/mol. The molecule has 0 unspecified atom stereocenters. The first-order chi connectivity index (χ1) is 12.6. The normalized spacial score (nSPS) is 11.2. The van der Waals surface area contributed by atoms with Crippen LogP contribution in [0.25, 0.3) is 0 Å². The zero-order chi connectivity index (χ0) is 18.8. The summed E-state index contributed by atoms with van der Waals surface area (Å²) in [6, 6.07) is 15.1. The molecule has 0 amide bonds. The number of halogens is 2. The summed E-state index contributed by atoms with van der Waals surface area (Å²) in [5.41, 5.74) is 3.01. The Morgan fingerprint density at radius 3 is 2.52 bits per heavy atom. The molecule has 0 heterocycles. The van der Waals surface area contributed by atoms with Gasteiger partial charge in [-0.2, -0.15) is 0 Å². The highest BCUT2D eigenvalue weighted by Crippen LogP contribution is 2.08. The molecule has 148 valence electrons. The fourth-order valence-electron chi connectivity index (χ4n) is 2.52. The van der Waals surface area contributed by atoms with Gasteiger partial charge in [-0.25, -0.2) is 4.39 Å². The largest absolute Gasteiger partial charge is 0.374 e. The summed E-state index contributed by atoms with van der Waals surface area (Å²) >= 11 is 0. The highest BCUT2D eigenvalue weighted by Gasteiger charge is 2.03. The van der Waals surface area contributed by atoms with E-state index >= 15 is 0 Å². The molecule has 0 aliphatic rings. The topological polar surface area (TPSA) is 45.7 Å². The molecule has 2 aromatic rings. The molecular formula is C21H29FIN3O. The average Bonchev–Trinajstić information content (AvgIpc) is 2.64. The third kappa shape index (κ3) is 8.71. The second kappa shape index (κ2) is 12.7. The lowest BCUT2D eigenvalue weighted by Gasteiger charge is -2.13. The summed E-state index contributed by atoms with van der Waals surface area (Å²) in [6.45, 7) is 5.95. The lowest BCUT2D eigenvalue weighted by molar-refractivity contribution is 0.0657. The lowest BCUT2D eigenvalue weighted by Crippen LogP contribution is -2.37. The van der Waals surface area contributed by atoms with Crippen molar-refractivity contribution in [2.75, 3.05) is 13.6 Å². The van der Waals surface area contributed by atoms with Crippen LogP contribution in [0.3, 0.4) is 0 Å². The van der Waals surface area contributed by atoms with Crippen LogP contribution in [0.5, 0.6) is 0 Å². The van der Waals surface area contributed by atoms with E-state index in [4.69, 9.17) is 4.74 Å². The van der Waals surface area contributed by atoms with Gasteiger partial charge in [0.05, 0.1) is 12.7 Å². The summed E-state index contributed by atoms with van der Waals surface area (Å²) in [4.78, 5) is 4.21. The zero-order valence-corrected chi connectivity index (χ0v) is 18.5. The first-order valence-electron chi connectivity index (χ1n) is 8.96. The molecular weight excluding hydrogens is 456 g/mol. The van der Waals surface area contributed by atoms with Gasteiger partial charge in [-0.05, 0) is 43.0 Å². The maximum Gasteiger partial charge on any atom is 0.191 e. The van der Waals surface area contributed by atoms with Crippen molar-refractivity contribution in [1.82, 2.24) is 10.6 Å². The Morgan fingerprint density at radius 2 is 1.81 bits per heavy atom. The minimum Gasteiger partial charge on any atom is -0.374 e. The Morgan fingerprint density at radius 1 is 1.07 bits per heavy atom. The number of nitrogens with zero attached hydrogens (tertiary/aromatic N) is 1. The van der Waals surface area contributed by atoms with Crippen LogP contribution < -0.4 is 10.6 Å². The first-order valence-corrected chi connectivity index (χ1v) is 8.96. The molecule has 0 saturated carbocycles. The molecule has 0 spiro atoms. The van der Waals surface area contributed by atoms with Gasteiger partial charge in [0.25, 0.3) is 0 Å². The molecule has 0 aromatic heterocycles. The Bertz CT molecular complexity index is 722. The summed E-state index contributed by atoms with van der Waals surface area (Å²) in [5, 5.41) is 6.50. The monoisotopic (exact) mass is 485 g/mol. The van der Waals surface area contributed by atoms with Gasteiger partial charge in [0.1, 0.15) is 5.82 Å². The SMILES string of the molecule is CN=C(NCCc1ccccc1F)NCc1cccc(COC(C)C)c1.I. The van der Waals surface area contributed by atoms with Crippen LogP contribution in [0.1, 0.15) is 30.5 Å². The van der Waals surface area contributed by atoms with Crippen molar-refractivity contribution in [3.05, 3.63) is 71.0 Å². The van der Waals surface area contributed by atoms with Crippen LogP contribution >= 0.6 is 24.0 Å². The van der Waals surface area contributed by atoms with Crippen LogP contribution in [-0.2, 0) is 24.3 Å². The molecule has 6 heteroatoms. The molecule has 2 rings (SSSR count). The molecule has 2 N–H and O–H groups in total. The maximum absolute atomic E-state index is 13.6. The van der Waals surface area contributed by atoms with Crippen molar-refractivity contribution in [3.63, 3.8) is 0 Å². The second-order valence-corrected chi connectivity index (χ2v) is 6.37. The minimum atomic E-state index is -0.169. The van der Waals surface area contributed by atoms with Crippen LogP contribution in [0, 0.1) is 5.82 Å². The van der Waals surface area contributed by atoms with Gasteiger partial charge in [-0.3, -0.25) is 4.99 Å². The number of rotatable bonds is 8. The molecule has 0 atom stereocenters. The lowest BCUT2D eigenvalue weighted by atomic mass is 10.1. The van der Waals surface area contributed by atoms with Crippen molar-refractivity contribution in [1.29, 1.82) is 0 Å². The highest BCUT2D eigenvalue weighted by molar-refractivity contribution is 14.0. The van der Waals surface area contributed by atoms with Crippen molar-refractivity contribution in [2.24, 2.45) is 4.99 Å². The zero-order valence-electron chi connectivity index (χ0n) is 16.2. The predicted octanol–water partition coefficient (Wildman–Crippen LogP) is 4.28.